The quantitative estimate of drug-likeness (QED) is 0.320. The standard InChI is InChI=1S/C28H28N10O2/c1-5-25(39)37-11-10-36(15-18(37)3)28-29-14-22-26(34-28)27(31-16-30-22)33-20-6-7-23(17(2)12-20)40-21-8-9-38-24(13-21)32-19(4)35-38/h5-9,12-14,16,18H,1,10-11,15H2,2-4H3,(H,30,31,33)/t18-/m1/s1. The Morgan fingerprint density at radius 2 is 2.00 bits per heavy atom. The average molecular weight is 537 g/mol. The predicted octanol–water partition coefficient (Wildman–Crippen LogP) is 3.84. The molecule has 1 amide bonds. The number of carbonyl (C=O) groups is 1. The highest BCUT2D eigenvalue weighted by atomic mass is 16.5. The van der Waals surface area contributed by atoms with E-state index in [9.17, 15) is 4.79 Å². The van der Waals surface area contributed by atoms with Crippen molar-refractivity contribution in [3.8, 4) is 11.5 Å². The van der Waals surface area contributed by atoms with E-state index >= 15 is 0 Å². The number of aromatic nitrogens is 7. The van der Waals surface area contributed by atoms with E-state index in [2.05, 4.69) is 41.8 Å². The number of hydrogen-bond acceptors (Lipinski definition) is 10. The Morgan fingerprint density at radius 1 is 1.12 bits per heavy atom. The van der Waals surface area contributed by atoms with E-state index in [1.165, 1.54) is 12.4 Å². The van der Waals surface area contributed by atoms with Crippen LogP contribution >= 0.6 is 0 Å². The molecule has 1 atom stereocenters. The number of fused-ring (bicyclic) bond motifs is 2. The lowest BCUT2D eigenvalue weighted by Gasteiger charge is -2.39. The van der Waals surface area contributed by atoms with Crippen LogP contribution in [0.1, 0.15) is 18.3 Å². The summed E-state index contributed by atoms with van der Waals surface area (Å²) in [5.41, 5.74) is 3.74. The van der Waals surface area contributed by atoms with Gasteiger partial charge in [-0.25, -0.2) is 29.4 Å². The molecule has 0 unspecified atom stereocenters. The molecular weight excluding hydrogens is 508 g/mol. The number of amides is 1. The van der Waals surface area contributed by atoms with Gasteiger partial charge in [-0.3, -0.25) is 4.79 Å². The molecule has 40 heavy (non-hydrogen) atoms. The summed E-state index contributed by atoms with van der Waals surface area (Å²) in [5, 5.41) is 7.68. The van der Waals surface area contributed by atoms with Gasteiger partial charge in [0.05, 0.1) is 6.20 Å². The number of nitrogens with zero attached hydrogens (tertiary/aromatic N) is 9. The lowest BCUT2D eigenvalue weighted by Crippen LogP contribution is -2.54. The second-order valence-corrected chi connectivity index (χ2v) is 9.69. The number of hydrogen-bond donors (Lipinski definition) is 1. The monoisotopic (exact) mass is 536 g/mol. The lowest BCUT2D eigenvalue weighted by molar-refractivity contribution is -0.128. The number of piperazine rings is 1. The molecule has 1 saturated heterocycles. The maximum absolute atomic E-state index is 12.1. The first-order valence-electron chi connectivity index (χ1n) is 12.9. The first-order valence-corrected chi connectivity index (χ1v) is 12.9. The van der Waals surface area contributed by atoms with E-state index in [4.69, 9.17) is 9.72 Å². The van der Waals surface area contributed by atoms with Crippen molar-refractivity contribution in [2.24, 2.45) is 0 Å². The van der Waals surface area contributed by atoms with Gasteiger partial charge in [-0.15, -0.1) is 0 Å². The summed E-state index contributed by atoms with van der Waals surface area (Å²) < 4.78 is 7.85. The van der Waals surface area contributed by atoms with Gasteiger partial charge >= 0.3 is 0 Å². The largest absolute Gasteiger partial charge is 0.457 e. The van der Waals surface area contributed by atoms with Crippen molar-refractivity contribution < 1.29 is 9.53 Å². The SMILES string of the molecule is C=CC(=O)N1CCN(c2ncc3ncnc(Nc4ccc(Oc5ccn6nc(C)nc6c5)c(C)c4)c3n2)C[C@H]1C. The minimum atomic E-state index is -0.0651. The number of anilines is 3. The highest BCUT2D eigenvalue weighted by Gasteiger charge is 2.27. The van der Waals surface area contributed by atoms with Crippen LogP contribution in [-0.2, 0) is 4.79 Å². The first kappa shape index (κ1) is 25.2. The topological polar surface area (TPSA) is 127 Å². The number of pyridine rings is 1. The van der Waals surface area contributed by atoms with Crippen molar-refractivity contribution in [1.29, 1.82) is 0 Å². The van der Waals surface area contributed by atoms with Crippen LogP contribution in [0.4, 0.5) is 17.5 Å². The fourth-order valence-corrected chi connectivity index (χ4v) is 4.82. The average Bonchev–Trinajstić information content (AvgIpc) is 3.33. The Bertz CT molecular complexity index is 1750. The van der Waals surface area contributed by atoms with Crippen molar-refractivity contribution >= 4 is 40.0 Å². The molecule has 1 fully saturated rings. The van der Waals surface area contributed by atoms with Crippen LogP contribution in [-0.4, -0.2) is 71.0 Å². The number of carbonyl (C=O) groups excluding carboxylic acids is 1. The molecule has 1 aliphatic heterocycles. The summed E-state index contributed by atoms with van der Waals surface area (Å²) in [6.45, 7) is 11.3. The van der Waals surface area contributed by atoms with Crippen molar-refractivity contribution in [2.75, 3.05) is 29.9 Å². The van der Waals surface area contributed by atoms with Crippen LogP contribution in [0.5, 0.6) is 11.5 Å². The predicted molar refractivity (Wildman–Crippen MR) is 151 cm³/mol. The molecule has 0 spiro atoms. The minimum Gasteiger partial charge on any atom is -0.457 e. The number of aryl methyl sites for hydroxylation is 2. The fourth-order valence-electron chi connectivity index (χ4n) is 4.82. The second-order valence-electron chi connectivity index (χ2n) is 9.69. The van der Waals surface area contributed by atoms with Gasteiger partial charge in [0.1, 0.15) is 34.7 Å². The normalized spacial score (nSPS) is 15.4. The van der Waals surface area contributed by atoms with Crippen LogP contribution in [0, 0.1) is 13.8 Å². The molecule has 1 aliphatic rings. The van der Waals surface area contributed by atoms with E-state index < -0.39 is 0 Å². The molecule has 6 rings (SSSR count). The number of nitrogens with one attached hydrogen (secondary N) is 1. The molecular formula is C28H28N10O2. The summed E-state index contributed by atoms with van der Waals surface area (Å²) in [4.78, 5) is 38.5. The van der Waals surface area contributed by atoms with Gasteiger partial charge in [0, 0.05) is 43.6 Å². The van der Waals surface area contributed by atoms with E-state index in [1.54, 1.807) is 10.7 Å². The van der Waals surface area contributed by atoms with Crippen molar-refractivity contribution in [1.82, 2.24) is 39.4 Å². The highest BCUT2D eigenvalue weighted by Crippen LogP contribution is 2.30. The Labute approximate surface area is 230 Å². The van der Waals surface area contributed by atoms with Crippen molar-refractivity contribution in [3.05, 3.63) is 73.1 Å². The van der Waals surface area contributed by atoms with Gasteiger partial charge in [-0.1, -0.05) is 6.58 Å². The Morgan fingerprint density at radius 3 is 2.80 bits per heavy atom. The third-order valence-corrected chi connectivity index (χ3v) is 6.81. The molecule has 1 N–H and O–H groups in total. The Hall–Kier alpha value is -5.13. The molecule has 5 aromatic rings. The maximum Gasteiger partial charge on any atom is 0.246 e. The van der Waals surface area contributed by atoms with Crippen LogP contribution < -0.4 is 15.0 Å². The van der Waals surface area contributed by atoms with Crippen LogP contribution in [0.3, 0.4) is 0 Å². The second kappa shape index (κ2) is 10.2. The summed E-state index contributed by atoms with van der Waals surface area (Å²) in [6, 6.07) is 9.54. The summed E-state index contributed by atoms with van der Waals surface area (Å²) >= 11 is 0. The number of rotatable bonds is 6. The lowest BCUT2D eigenvalue weighted by atomic mass is 10.2. The molecule has 0 radical (unpaired) electrons. The van der Waals surface area contributed by atoms with E-state index in [0.29, 0.717) is 54.0 Å². The van der Waals surface area contributed by atoms with E-state index in [0.717, 1.165) is 22.6 Å². The van der Waals surface area contributed by atoms with Gasteiger partial charge in [0.15, 0.2) is 11.5 Å². The molecule has 0 saturated carbocycles. The zero-order valence-corrected chi connectivity index (χ0v) is 22.4. The van der Waals surface area contributed by atoms with Gasteiger partial charge < -0.3 is 19.9 Å². The fraction of sp³-hybridized carbons (Fsp3) is 0.250. The molecule has 1 aromatic carbocycles. The Balaban J connectivity index is 1.21. The molecule has 0 bridgehead atoms. The van der Waals surface area contributed by atoms with Gasteiger partial charge in [0.2, 0.25) is 11.9 Å². The maximum atomic E-state index is 12.1. The van der Waals surface area contributed by atoms with Gasteiger partial charge in [0.25, 0.3) is 0 Å². The van der Waals surface area contributed by atoms with Crippen molar-refractivity contribution in [3.63, 3.8) is 0 Å². The molecule has 5 heterocycles. The van der Waals surface area contributed by atoms with E-state index in [1.807, 2.05) is 62.2 Å². The zero-order chi connectivity index (χ0) is 27.8. The zero-order valence-electron chi connectivity index (χ0n) is 22.4. The third kappa shape index (κ3) is 4.86. The molecule has 12 nitrogen and oxygen atoms in total. The summed E-state index contributed by atoms with van der Waals surface area (Å²) in [5.74, 6) is 3.19. The van der Waals surface area contributed by atoms with Crippen molar-refractivity contribution in [2.45, 2.75) is 26.8 Å². The first-order chi connectivity index (χ1) is 19.4. The summed E-state index contributed by atoms with van der Waals surface area (Å²) in [6.07, 6.45) is 6.37. The van der Waals surface area contributed by atoms with Gasteiger partial charge in [-0.2, -0.15) is 5.10 Å². The van der Waals surface area contributed by atoms with Gasteiger partial charge in [-0.05, 0) is 56.7 Å². The molecule has 12 heteroatoms. The van der Waals surface area contributed by atoms with Crippen LogP contribution in [0.25, 0.3) is 16.7 Å². The minimum absolute atomic E-state index is 0.00859. The molecule has 0 aliphatic carbocycles. The van der Waals surface area contributed by atoms with E-state index in [-0.39, 0.29) is 11.9 Å². The molecule has 4 aromatic heterocycles. The third-order valence-electron chi connectivity index (χ3n) is 6.81. The Kier molecular flexibility index (Phi) is 6.42. The highest BCUT2D eigenvalue weighted by molar-refractivity contribution is 5.88. The van der Waals surface area contributed by atoms with Crippen LogP contribution in [0.15, 0.2) is 61.7 Å². The number of ether oxygens (including phenoxy) is 1. The summed E-state index contributed by atoms with van der Waals surface area (Å²) in [7, 11) is 0. The van der Waals surface area contributed by atoms with Crippen LogP contribution in [0.2, 0.25) is 0 Å². The number of benzene rings is 1. The molecule has 202 valence electrons. The smallest absolute Gasteiger partial charge is 0.246 e.